The molecule has 1 aromatic heterocycles. The molecule has 3 heteroatoms. The summed E-state index contributed by atoms with van der Waals surface area (Å²) in [5.41, 5.74) is 2.56. The van der Waals surface area contributed by atoms with Crippen LogP contribution in [0.1, 0.15) is 28.7 Å². The van der Waals surface area contributed by atoms with Gasteiger partial charge in [0, 0.05) is 11.4 Å². The Bertz CT molecular complexity index is 450. The third-order valence-electron chi connectivity index (χ3n) is 2.91. The lowest BCUT2D eigenvalue weighted by Crippen LogP contribution is -2.17. The third-order valence-corrected chi connectivity index (χ3v) is 3.73. The molecule has 0 saturated carbocycles. The average molecular weight is 246 g/mol. The van der Waals surface area contributed by atoms with Gasteiger partial charge < -0.3 is 5.32 Å². The zero-order valence-corrected chi connectivity index (χ0v) is 11.1. The molecule has 0 saturated heterocycles. The highest BCUT2D eigenvalue weighted by Crippen LogP contribution is 2.19. The first-order valence-corrected chi connectivity index (χ1v) is 6.81. The molecule has 0 radical (unpaired) electrons. The molecule has 0 aliphatic carbocycles. The highest BCUT2D eigenvalue weighted by molar-refractivity contribution is 7.09. The van der Waals surface area contributed by atoms with Crippen molar-refractivity contribution in [2.45, 2.75) is 25.8 Å². The first-order chi connectivity index (χ1) is 8.29. The summed E-state index contributed by atoms with van der Waals surface area (Å²) in [5.74, 6) is 0. The van der Waals surface area contributed by atoms with Crippen molar-refractivity contribution in [3.05, 3.63) is 52.0 Å². The molecule has 90 valence electrons. The summed E-state index contributed by atoms with van der Waals surface area (Å²) in [6.07, 6.45) is 2.12. The van der Waals surface area contributed by atoms with Crippen molar-refractivity contribution in [3.8, 4) is 0 Å². The summed E-state index contributed by atoms with van der Waals surface area (Å²) < 4.78 is 0. The molecular formula is C14H18N2S. The molecule has 2 nitrogen and oxygen atoms in total. The third kappa shape index (κ3) is 3.38. The number of nitrogens with one attached hydrogen (secondary N) is 1. The van der Waals surface area contributed by atoms with E-state index in [2.05, 4.69) is 52.9 Å². The van der Waals surface area contributed by atoms with E-state index in [1.54, 1.807) is 11.3 Å². The van der Waals surface area contributed by atoms with Crippen LogP contribution < -0.4 is 5.32 Å². The van der Waals surface area contributed by atoms with Gasteiger partial charge >= 0.3 is 0 Å². The molecule has 0 aliphatic heterocycles. The van der Waals surface area contributed by atoms with Crippen molar-refractivity contribution < 1.29 is 0 Å². The fourth-order valence-corrected chi connectivity index (χ4v) is 2.63. The predicted molar refractivity (Wildman–Crippen MR) is 73.4 cm³/mol. The van der Waals surface area contributed by atoms with Crippen molar-refractivity contribution in [1.82, 2.24) is 10.3 Å². The lowest BCUT2D eigenvalue weighted by Gasteiger charge is -2.15. The maximum atomic E-state index is 4.50. The largest absolute Gasteiger partial charge is 0.313 e. The van der Waals surface area contributed by atoms with Crippen molar-refractivity contribution >= 4 is 11.3 Å². The lowest BCUT2D eigenvalue weighted by molar-refractivity contribution is 0.546. The van der Waals surface area contributed by atoms with Crippen molar-refractivity contribution in [3.63, 3.8) is 0 Å². The number of rotatable bonds is 5. The van der Waals surface area contributed by atoms with E-state index in [4.69, 9.17) is 0 Å². The fourth-order valence-electron chi connectivity index (χ4n) is 1.98. The Balaban J connectivity index is 1.97. The standard InChI is InChI=1S/C14H18N2S/c1-11-16-13(10-17-11)8-9-14(15-2)12-6-4-3-5-7-12/h3-7,10,14-15H,8-9H2,1-2H3. The van der Waals surface area contributed by atoms with Crippen molar-refractivity contribution in [1.29, 1.82) is 0 Å². The molecule has 1 heterocycles. The van der Waals surface area contributed by atoms with E-state index in [0.29, 0.717) is 6.04 Å². The van der Waals surface area contributed by atoms with Crippen LogP contribution in [0.4, 0.5) is 0 Å². The Labute approximate surface area is 107 Å². The van der Waals surface area contributed by atoms with Gasteiger partial charge in [0.15, 0.2) is 0 Å². The van der Waals surface area contributed by atoms with Crippen LogP contribution in [-0.2, 0) is 6.42 Å². The minimum atomic E-state index is 0.415. The number of hydrogen-bond donors (Lipinski definition) is 1. The van der Waals surface area contributed by atoms with Gasteiger partial charge in [0.2, 0.25) is 0 Å². The molecule has 17 heavy (non-hydrogen) atoms. The van der Waals surface area contributed by atoms with Gasteiger partial charge in [0.1, 0.15) is 0 Å². The van der Waals surface area contributed by atoms with Gasteiger partial charge in [-0.2, -0.15) is 0 Å². The van der Waals surface area contributed by atoms with Crippen LogP contribution >= 0.6 is 11.3 Å². The molecule has 2 aromatic rings. The van der Waals surface area contributed by atoms with E-state index >= 15 is 0 Å². The summed E-state index contributed by atoms with van der Waals surface area (Å²) in [6.45, 7) is 2.06. The average Bonchev–Trinajstić information content (AvgIpc) is 2.77. The van der Waals surface area contributed by atoms with E-state index in [1.165, 1.54) is 11.3 Å². The second-order valence-electron chi connectivity index (χ2n) is 4.15. The first-order valence-electron chi connectivity index (χ1n) is 5.93. The second-order valence-corrected chi connectivity index (χ2v) is 5.21. The molecule has 0 bridgehead atoms. The smallest absolute Gasteiger partial charge is 0.0897 e. The lowest BCUT2D eigenvalue weighted by atomic mass is 10.0. The topological polar surface area (TPSA) is 24.9 Å². The molecule has 0 fully saturated rings. The highest BCUT2D eigenvalue weighted by Gasteiger charge is 2.09. The molecule has 2 rings (SSSR count). The Morgan fingerprint density at radius 1 is 1.29 bits per heavy atom. The van der Waals surface area contributed by atoms with Crippen LogP contribution in [-0.4, -0.2) is 12.0 Å². The number of nitrogens with zero attached hydrogens (tertiary/aromatic N) is 1. The zero-order chi connectivity index (χ0) is 12.1. The monoisotopic (exact) mass is 246 g/mol. The number of aromatic nitrogens is 1. The maximum Gasteiger partial charge on any atom is 0.0897 e. The Kier molecular flexibility index (Phi) is 4.29. The highest BCUT2D eigenvalue weighted by atomic mass is 32.1. The predicted octanol–water partition coefficient (Wildman–Crippen LogP) is 3.34. The summed E-state index contributed by atoms with van der Waals surface area (Å²) in [7, 11) is 2.02. The molecule has 1 unspecified atom stereocenters. The van der Waals surface area contributed by atoms with Gasteiger partial charge in [0.25, 0.3) is 0 Å². The summed E-state index contributed by atoms with van der Waals surface area (Å²) in [6, 6.07) is 11.0. The van der Waals surface area contributed by atoms with Crippen LogP contribution in [0, 0.1) is 6.92 Å². The minimum absolute atomic E-state index is 0.415. The zero-order valence-electron chi connectivity index (χ0n) is 10.3. The summed E-state index contributed by atoms with van der Waals surface area (Å²) >= 11 is 1.73. The molecule has 1 N–H and O–H groups in total. The van der Waals surface area contributed by atoms with E-state index in [1.807, 2.05) is 7.05 Å². The normalized spacial score (nSPS) is 12.6. The van der Waals surface area contributed by atoms with Gasteiger partial charge in [-0.25, -0.2) is 4.98 Å². The van der Waals surface area contributed by atoms with E-state index in [-0.39, 0.29) is 0 Å². The van der Waals surface area contributed by atoms with E-state index in [9.17, 15) is 0 Å². The van der Waals surface area contributed by atoms with Crippen LogP contribution in [0.15, 0.2) is 35.7 Å². The quantitative estimate of drug-likeness (QED) is 0.875. The van der Waals surface area contributed by atoms with Crippen LogP contribution in [0.2, 0.25) is 0 Å². The van der Waals surface area contributed by atoms with Gasteiger partial charge in [-0.1, -0.05) is 30.3 Å². The minimum Gasteiger partial charge on any atom is -0.313 e. The van der Waals surface area contributed by atoms with Crippen LogP contribution in [0.5, 0.6) is 0 Å². The summed E-state index contributed by atoms with van der Waals surface area (Å²) in [4.78, 5) is 4.50. The van der Waals surface area contributed by atoms with E-state index in [0.717, 1.165) is 17.8 Å². The number of thiazole rings is 1. The van der Waals surface area contributed by atoms with Gasteiger partial charge in [-0.3, -0.25) is 0 Å². The maximum absolute atomic E-state index is 4.50. The molecule has 1 aromatic carbocycles. The van der Waals surface area contributed by atoms with Crippen molar-refractivity contribution in [2.75, 3.05) is 7.05 Å². The summed E-state index contributed by atoms with van der Waals surface area (Å²) in [5, 5.41) is 6.68. The first kappa shape index (κ1) is 12.3. The van der Waals surface area contributed by atoms with Gasteiger partial charge in [-0.15, -0.1) is 11.3 Å². The van der Waals surface area contributed by atoms with Crippen molar-refractivity contribution in [2.24, 2.45) is 0 Å². The Morgan fingerprint density at radius 3 is 2.65 bits per heavy atom. The molecular weight excluding hydrogens is 228 g/mol. The van der Waals surface area contributed by atoms with Gasteiger partial charge in [-0.05, 0) is 32.4 Å². The number of benzene rings is 1. The van der Waals surface area contributed by atoms with Gasteiger partial charge in [0.05, 0.1) is 10.7 Å². The molecule has 0 aliphatic rings. The van der Waals surface area contributed by atoms with E-state index < -0.39 is 0 Å². The molecule has 0 spiro atoms. The Morgan fingerprint density at radius 2 is 2.06 bits per heavy atom. The second kappa shape index (κ2) is 5.94. The van der Waals surface area contributed by atoms with Crippen LogP contribution in [0.3, 0.4) is 0 Å². The Hall–Kier alpha value is -1.19. The van der Waals surface area contributed by atoms with Crippen LogP contribution in [0.25, 0.3) is 0 Å². The number of hydrogen-bond acceptors (Lipinski definition) is 3. The number of aryl methyl sites for hydroxylation is 2. The fraction of sp³-hybridized carbons (Fsp3) is 0.357. The molecule has 1 atom stereocenters. The molecule has 0 amide bonds. The SMILES string of the molecule is CNC(CCc1csc(C)n1)c1ccccc1.